The first kappa shape index (κ1) is 8.48. The first-order valence-corrected chi connectivity index (χ1v) is 5.72. The number of rotatable bonds is 3. The number of fused-ring (bicyclic) bond motifs is 1. The molecule has 76 valence electrons. The predicted molar refractivity (Wildman–Crippen MR) is 55.1 cm³/mol. The van der Waals surface area contributed by atoms with Crippen molar-refractivity contribution >= 4 is 0 Å². The van der Waals surface area contributed by atoms with Crippen LogP contribution in [0.2, 0.25) is 0 Å². The highest BCUT2D eigenvalue weighted by Gasteiger charge is 2.22. The van der Waals surface area contributed by atoms with Crippen LogP contribution in [0.15, 0.2) is 0 Å². The second kappa shape index (κ2) is 3.39. The molecule has 0 radical (unpaired) electrons. The van der Waals surface area contributed by atoms with Gasteiger partial charge in [-0.05, 0) is 44.1 Å². The minimum absolute atomic E-state index is 0.783. The SMILES string of the molecule is C1CCc2c(CNC3CC3)n[nH]c2C1. The third-order valence-electron chi connectivity index (χ3n) is 3.28. The van der Waals surface area contributed by atoms with Crippen LogP contribution in [0, 0.1) is 0 Å². The number of aromatic amines is 1. The van der Waals surface area contributed by atoms with Gasteiger partial charge in [0.15, 0.2) is 0 Å². The number of aromatic nitrogens is 2. The van der Waals surface area contributed by atoms with Crippen LogP contribution in [0.1, 0.15) is 42.6 Å². The molecular formula is C11H17N3. The Morgan fingerprint density at radius 2 is 2.14 bits per heavy atom. The number of aryl methyl sites for hydroxylation is 1. The molecule has 2 N–H and O–H groups in total. The van der Waals surface area contributed by atoms with E-state index in [-0.39, 0.29) is 0 Å². The maximum absolute atomic E-state index is 4.41. The van der Waals surface area contributed by atoms with Gasteiger partial charge < -0.3 is 5.32 Å². The zero-order valence-electron chi connectivity index (χ0n) is 8.47. The van der Waals surface area contributed by atoms with E-state index in [2.05, 4.69) is 15.5 Å². The molecule has 0 bridgehead atoms. The third kappa shape index (κ3) is 1.57. The van der Waals surface area contributed by atoms with E-state index in [9.17, 15) is 0 Å². The Balaban J connectivity index is 1.72. The highest BCUT2D eigenvalue weighted by atomic mass is 15.1. The van der Waals surface area contributed by atoms with Crippen LogP contribution in [0.5, 0.6) is 0 Å². The summed E-state index contributed by atoms with van der Waals surface area (Å²) in [5.74, 6) is 0. The van der Waals surface area contributed by atoms with Crippen LogP contribution in [-0.2, 0) is 19.4 Å². The Hall–Kier alpha value is -0.830. The average molecular weight is 191 g/mol. The average Bonchev–Trinajstić information content (AvgIpc) is 2.96. The van der Waals surface area contributed by atoms with Crippen LogP contribution >= 0.6 is 0 Å². The second-order valence-electron chi connectivity index (χ2n) is 4.49. The lowest BCUT2D eigenvalue weighted by Crippen LogP contribution is -2.17. The fourth-order valence-electron chi connectivity index (χ4n) is 2.22. The van der Waals surface area contributed by atoms with Gasteiger partial charge in [0.2, 0.25) is 0 Å². The van der Waals surface area contributed by atoms with Crippen molar-refractivity contribution in [2.75, 3.05) is 0 Å². The van der Waals surface area contributed by atoms with Crippen molar-refractivity contribution in [3.63, 3.8) is 0 Å². The van der Waals surface area contributed by atoms with E-state index in [4.69, 9.17) is 0 Å². The molecule has 0 aliphatic heterocycles. The lowest BCUT2D eigenvalue weighted by molar-refractivity contribution is 0.650. The summed E-state index contributed by atoms with van der Waals surface area (Å²) in [5.41, 5.74) is 4.17. The van der Waals surface area contributed by atoms with Gasteiger partial charge in [0.05, 0.1) is 5.69 Å². The number of nitrogens with zero attached hydrogens (tertiary/aromatic N) is 1. The predicted octanol–water partition coefficient (Wildman–Crippen LogP) is 1.54. The first-order valence-electron chi connectivity index (χ1n) is 5.72. The molecule has 1 fully saturated rings. The molecule has 1 aromatic heterocycles. The second-order valence-corrected chi connectivity index (χ2v) is 4.49. The Morgan fingerprint density at radius 1 is 1.29 bits per heavy atom. The Morgan fingerprint density at radius 3 is 3.00 bits per heavy atom. The van der Waals surface area contributed by atoms with E-state index in [0.29, 0.717) is 0 Å². The van der Waals surface area contributed by atoms with Crippen molar-refractivity contribution in [2.24, 2.45) is 0 Å². The van der Waals surface area contributed by atoms with Gasteiger partial charge in [0, 0.05) is 18.3 Å². The zero-order valence-corrected chi connectivity index (χ0v) is 8.47. The molecule has 3 rings (SSSR count). The van der Waals surface area contributed by atoms with E-state index in [1.54, 1.807) is 0 Å². The molecule has 1 aromatic rings. The molecule has 1 saturated carbocycles. The number of hydrogen-bond donors (Lipinski definition) is 2. The highest BCUT2D eigenvalue weighted by Crippen LogP contribution is 2.23. The monoisotopic (exact) mass is 191 g/mol. The van der Waals surface area contributed by atoms with Gasteiger partial charge in [-0.3, -0.25) is 5.10 Å². The third-order valence-corrected chi connectivity index (χ3v) is 3.28. The van der Waals surface area contributed by atoms with Crippen LogP contribution in [0.4, 0.5) is 0 Å². The largest absolute Gasteiger partial charge is 0.308 e. The fraction of sp³-hybridized carbons (Fsp3) is 0.727. The molecule has 0 aromatic carbocycles. The Labute approximate surface area is 84.3 Å². The van der Waals surface area contributed by atoms with Crippen LogP contribution in [0.3, 0.4) is 0 Å². The maximum atomic E-state index is 4.41. The topological polar surface area (TPSA) is 40.7 Å². The molecular weight excluding hydrogens is 174 g/mol. The van der Waals surface area contributed by atoms with Crippen LogP contribution in [-0.4, -0.2) is 16.2 Å². The molecule has 3 nitrogen and oxygen atoms in total. The van der Waals surface area contributed by atoms with Gasteiger partial charge in [-0.15, -0.1) is 0 Å². The smallest absolute Gasteiger partial charge is 0.0794 e. The molecule has 0 saturated heterocycles. The summed E-state index contributed by atoms with van der Waals surface area (Å²) >= 11 is 0. The van der Waals surface area contributed by atoms with Crippen molar-refractivity contribution < 1.29 is 0 Å². The highest BCUT2D eigenvalue weighted by molar-refractivity contribution is 5.27. The normalized spacial score (nSPS) is 20.9. The molecule has 2 aliphatic rings. The van der Waals surface area contributed by atoms with Crippen molar-refractivity contribution in [3.8, 4) is 0 Å². The summed E-state index contributed by atoms with van der Waals surface area (Å²) in [6.07, 6.45) is 7.80. The summed E-state index contributed by atoms with van der Waals surface area (Å²) in [6, 6.07) is 0.783. The van der Waals surface area contributed by atoms with E-state index in [0.717, 1.165) is 12.6 Å². The fourth-order valence-corrected chi connectivity index (χ4v) is 2.22. The molecule has 0 spiro atoms. The summed E-state index contributed by atoms with van der Waals surface area (Å²) in [6.45, 7) is 0.969. The Kier molecular flexibility index (Phi) is 2.05. The molecule has 2 aliphatic carbocycles. The standard InChI is InChI=1S/C11H17N3/c1-2-4-10-9(3-1)11(14-13-10)7-12-8-5-6-8/h8,12H,1-7H2,(H,13,14). The Bertz CT molecular complexity index is 325. The van der Waals surface area contributed by atoms with Gasteiger partial charge in [-0.2, -0.15) is 5.10 Å². The van der Waals surface area contributed by atoms with Gasteiger partial charge in [0.1, 0.15) is 0 Å². The van der Waals surface area contributed by atoms with E-state index in [1.807, 2.05) is 0 Å². The zero-order chi connectivity index (χ0) is 9.38. The van der Waals surface area contributed by atoms with Gasteiger partial charge in [-0.25, -0.2) is 0 Å². The number of hydrogen-bond acceptors (Lipinski definition) is 2. The molecule has 0 unspecified atom stereocenters. The summed E-state index contributed by atoms with van der Waals surface area (Å²) in [7, 11) is 0. The quantitative estimate of drug-likeness (QED) is 0.761. The summed E-state index contributed by atoms with van der Waals surface area (Å²) < 4.78 is 0. The molecule has 14 heavy (non-hydrogen) atoms. The van der Waals surface area contributed by atoms with Crippen molar-refractivity contribution in [3.05, 3.63) is 17.0 Å². The first-order chi connectivity index (χ1) is 6.93. The molecule has 3 heteroatoms. The van der Waals surface area contributed by atoms with E-state index < -0.39 is 0 Å². The molecule has 0 amide bonds. The summed E-state index contributed by atoms with van der Waals surface area (Å²) in [4.78, 5) is 0. The van der Waals surface area contributed by atoms with Gasteiger partial charge >= 0.3 is 0 Å². The number of H-pyrrole nitrogens is 1. The number of nitrogens with one attached hydrogen (secondary N) is 2. The van der Waals surface area contributed by atoms with E-state index in [1.165, 1.54) is 55.5 Å². The maximum Gasteiger partial charge on any atom is 0.0794 e. The van der Waals surface area contributed by atoms with Gasteiger partial charge in [-0.1, -0.05) is 0 Å². The van der Waals surface area contributed by atoms with Crippen molar-refractivity contribution in [2.45, 2.75) is 51.1 Å². The van der Waals surface area contributed by atoms with E-state index >= 15 is 0 Å². The van der Waals surface area contributed by atoms with Gasteiger partial charge in [0.25, 0.3) is 0 Å². The van der Waals surface area contributed by atoms with Crippen molar-refractivity contribution in [1.82, 2.24) is 15.5 Å². The van der Waals surface area contributed by atoms with Crippen molar-refractivity contribution in [1.29, 1.82) is 0 Å². The lowest BCUT2D eigenvalue weighted by Gasteiger charge is -2.11. The minimum Gasteiger partial charge on any atom is -0.308 e. The van der Waals surface area contributed by atoms with Crippen LogP contribution < -0.4 is 5.32 Å². The summed E-state index contributed by atoms with van der Waals surface area (Å²) in [5, 5.41) is 11.1. The lowest BCUT2D eigenvalue weighted by atomic mass is 9.96. The van der Waals surface area contributed by atoms with Crippen LogP contribution in [0.25, 0.3) is 0 Å². The molecule has 1 heterocycles. The molecule has 0 atom stereocenters. The minimum atomic E-state index is 0.783.